The second kappa shape index (κ2) is 5.97. The zero-order valence-electron chi connectivity index (χ0n) is 11.1. The molecular formula is C13H17N3O3S. The van der Waals surface area contributed by atoms with Crippen LogP contribution in [-0.4, -0.2) is 40.5 Å². The molecule has 3 rings (SSSR count). The third-order valence-electron chi connectivity index (χ3n) is 3.61. The van der Waals surface area contributed by atoms with E-state index in [4.69, 9.17) is 4.74 Å². The molecule has 20 heavy (non-hydrogen) atoms. The van der Waals surface area contributed by atoms with E-state index in [-0.39, 0.29) is 23.5 Å². The topological polar surface area (TPSA) is 73.2 Å². The minimum atomic E-state index is -0.184. The summed E-state index contributed by atoms with van der Waals surface area (Å²) in [6.07, 6.45) is 3.73. The molecule has 3 heterocycles. The number of amides is 1. The van der Waals surface area contributed by atoms with Gasteiger partial charge in [-0.15, -0.1) is 0 Å². The summed E-state index contributed by atoms with van der Waals surface area (Å²) < 4.78 is 7.05. The van der Waals surface area contributed by atoms with Crippen LogP contribution < -0.4 is 10.9 Å². The molecule has 0 aromatic carbocycles. The van der Waals surface area contributed by atoms with Crippen LogP contribution >= 0.6 is 11.8 Å². The Kier molecular flexibility index (Phi) is 4.07. The monoisotopic (exact) mass is 295 g/mol. The molecule has 1 aromatic heterocycles. The van der Waals surface area contributed by atoms with E-state index >= 15 is 0 Å². The highest BCUT2D eigenvalue weighted by atomic mass is 32.2. The van der Waals surface area contributed by atoms with Crippen LogP contribution in [0.15, 0.2) is 22.2 Å². The average molecular weight is 295 g/mol. The van der Waals surface area contributed by atoms with Crippen LogP contribution in [0.1, 0.15) is 12.8 Å². The van der Waals surface area contributed by atoms with E-state index in [2.05, 4.69) is 10.3 Å². The molecule has 2 atom stereocenters. The molecule has 1 aromatic rings. The summed E-state index contributed by atoms with van der Waals surface area (Å²) >= 11 is 1.46. The Balaban J connectivity index is 1.60. The maximum atomic E-state index is 12.2. The number of carbonyl (C=O) groups is 1. The smallest absolute Gasteiger partial charge is 0.254 e. The van der Waals surface area contributed by atoms with Crippen molar-refractivity contribution >= 4 is 17.7 Å². The molecular weight excluding hydrogens is 278 g/mol. The van der Waals surface area contributed by atoms with E-state index in [1.165, 1.54) is 24.0 Å². The Morgan fingerprint density at radius 2 is 2.50 bits per heavy atom. The third kappa shape index (κ3) is 2.88. The van der Waals surface area contributed by atoms with E-state index in [0.29, 0.717) is 24.0 Å². The number of hydrogen-bond donors (Lipinski definition) is 1. The number of aromatic nitrogens is 2. The molecule has 7 heteroatoms. The summed E-state index contributed by atoms with van der Waals surface area (Å²) in [5.74, 6) is 0.471. The number of nitrogens with one attached hydrogen (secondary N) is 1. The number of hydrogen-bond acceptors (Lipinski definition) is 5. The van der Waals surface area contributed by atoms with Crippen LogP contribution in [0.4, 0.5) is 0 Å². The predicted molar refractivity (Wildman–Crippen MR) is 74.7 cm³/mol. The highest BCUT2D eigenvalue weighted by Crippen LogP contribution is 2.24. The average Bonchev–Trinajstić information content (AvgIpc) is 2.98. The highest BCUT2D eigenvalue weighted by molar-refractivity contribution is 7.99. The van der Waals surface area contributed by atoms with Crippen molar-refractivity contribution in [3.05, 3.63) is 22.6 Å². The zero-order chi connectivity index (χ0) is 13.9. The standard InChI is InChI=1S/C13H17N3O3S/c17-11-3-4-14-13-16(11)7-9(8-20-13)12(18)15-6-10-2-1-5-19-10/h3-4,9-10H,1-2,5-8H2,(H,15,18). The van der Waals surface area contributed by atoms with Gasteiger partial charge in [-0.05, 0) is 12.8 Å². The summed E-state index contributed by atoms with van der Waals surface area (Å²) in [6.45, 7) is 1.76. The van der Waals surface area contributed by atoms with Crippen molar-refractivity contribution in [3.8, 4) is 0 Å². The number of rotatable bonds is 3. The van der Waals surface area contributed by atoms with Crippen LogP contribution in [0, 0.1) is 5.92 Å². The summed E-state index contributed by atoms with van der Waals surface area (Å²) in [6, 6.07) is 1.43. The van der Waals surface area contributed by atoms with Gasteiger partial charge in [0.2, 0.25) is 5.91 Å². The molecule has 1 amide bonds. The number of fused-ring (bicyclic) bond motifs is 1. The largest absolute Gasteiger partial charge is 0.376 e. The van der Waals surface area contributed by atoms with Crippen molar-refractivity contribution in [3.63, 3.8) is 0 Å². The van der Waals surface area contributed by atoms with Gasteiger partial charge in [0.1, 0.15) is 0 Å². The maximum Gasteiger partial charge on any atom is 0.254 e. The van der Waals surface area contributed by atoms with Gasteiger partial charge in [0.05, 0.1) is 12.0 Å². The van der Waals surface area contributed by atoms with E-state index in [1.807, 2.05) is 0 Å². The molecule has 1 N–H and O–H groups in total. The molecule has 2 aliphatic heterocycles. The third-order valence-corrected chi connectivity index (χ3v) is 4.77. The van der Waals surface area contributed by atoms with Gasteiger partial charge in [0, 0.05) is 37.7 Å². The van der Waals surface area contributed by atoms with E-state index in [9.17, 15) is 9.59 Å². The van der Waals surface area contributed by atoms with Gasteiger partial charge in [-0.3, -0.25) is 14.2 Å². The molecule has 6 nitrogen and oxygen atoms in total. The Morgan fingerprint density at radius 1 is 1.60 bits per heavy atom. The summed E-state index contributed by atoms with van der Waals surface area (Å²) in [4.78, 5) is 28.1. The predicted octanol–water partition coefficient (Wildman–Crippen LogP) is 0.260. The van der Waals surface area contributed by atoms with Gasteiger partial charge in [-0.25, -0.2) is 4.98 Å². The van der Waals surface area contributed by atoms with Crippen LogP contribution in [-0.2, 0) is 16.1 Å². The molecule has 0 bridgehead atoms. The molecule has 2 aliphatic rings. The van der Waals surface area contributed by atoms with Gasteiger partial charge in [0.15, 0.2) is 5.16 Å². The molecule has 2 unspecified atom stereocenters. The molecule has 108 valence electrons. The Morgan fingerprint density at radius 3 is 3.30 bits per heavy atom. The van der Waals surface area contributed by atoms with Crippen molar-refractivity contribution in [1.29, 1.82) is 0 Å². The Bertz CT molecular complexity index is 554. The lowest BCUT2D eigenvalue weighted by Crippen LogP contribution is -2.42. The second-order valence-electron chi connectivity index (χ2n) is 5.06. The maximum absolute atomic E-state index is 12.2. The number of thioether (sulfide) groups is 1. The van der Waals surface area contributed by atoms with Crippen molar-refractivity contribution < 1.29 is 9.53 Å². The number of ether oxygens (including phenoxy) is 1. The van der Waals surface area contributed by atoms with Crippen LogP contribution in [0.25, 0.3) is 0 Å². The summed E-state index contributed by atoms with van der Waals surface area (Å²) in [7, 11) is 0. The van der Waals surface area contributed by atoms with Gasteiger partial charge >= 0.3 is 0 Å². The fourth-order valence-electron chi connectivity index (χ4n) is 2.47. The fourth-order valence-corrected chi connectivity index (χ4v) is 3.54. The lowest BCUT2D eigenvalue weighted by molar-refractivity contribution is -0.125. The van der Waals surface area contributed by atoms with E-state index in [0.717, 1.165) is 19.4 Å². The first-order valence-electron chi connectivity index (χ1n) is 6.82. The highest BCUT2D eigenvalue weighted by Gasteiger charge is 2.27. The van der Waals surface area contributed by atoms with Gasteiger partial charge < -0.3 is 10.1 Å². The molecule has 0 radical (unpaired) electrons. The minimum absolute atomic E-state index is 0.00518. The molecule has 0 saturated carbocycles. The zero-order valence-corrected chi connectivity index (χ0v) is 11.9. The molecule has 1 saturated heterocycles. The van der Waals surface area contributed by atoms with Crippen molar-refractivity contribution in [2.45, 2.75) is 30.6 Å². The first-order chi connectivity index (χ1) is 9.74. The van der Waals surface area contributed by atoms with Crippen LogP contribution in [0.3, 0.4) is 0 Å². The first-order valence-corrected chi connectivity index (χ1v) is 7.80. The van der Waals surface area contributed by atoms with E-state index in [1.54, 1.807) is 4.57 Å². The number of nitrogens with zero attached hydrogens (tertiary/aromatic N) is 2. The second-order valence-corrected chi connectivity index (χ2v) is 6.05. The molecule has 1 fully saturated rings. The Hall–Kier alpha value is -1.34. The van der Waals surface area contributed by atoms with Crippen molar-refractivity contribution in [2.75, 3.05) is 18.9 Å². The van der Waals surface area contributed by atoms with Gasteiger partial charge in [0.25, 0.3) is 5.56 Å². The lowest BCUT2D eigenvalue weighted by Gasteiger charge is -2.24. The lowest BCUT2D eigenvalue weighted by atomic mass is 10.1. The molecule has 0 aliphatic carbocycles. The summed E-state index contributed by atoms with van der Waals surface area (Å²) in [5.41, 5.74) is -0.0980. The first kappa shape index (κ1) is 13.6. The fraction of sp³-hybridized carbons (Fsp3) is 0.615. The van der Waals surface area contributed by atoms with Crippen molar-refractivity contribution in [1.82, 2.24) is 14.9 Å². The normalized spacial score (nSPS) is 25.2. The van der Waals surface area contributed by atoms with Gasteiger partial charge in [-0.2, -0.15) is 0 Å². The minimum Gasteiger partial charge on any atom is -0.376 e. The Labute approximate surface area is 120 Å². The van der Waals surface area contributed by atoms with Crippen molar-refractivity contribution in [2.24, 2.45) is 5.92 Å². The molecule has 0 spiro atoms. The quantitative estimate of drug-likeness (QED) is 0.810. The van der Waals surface area contributed by atoms with Crippen LogP contribution in [0.5, 0.6) is 0 Å². The SMILES string of the molecule is O=C(NCC1CCCO1)C1CSc2nccc(=O)n2C1. The summed E-state index contributed by atoms with van der Waals surface area (Å²) in [5, 5.41) is 3.63. The van der Waals surface area contributed by atoms with Crippen LogP contribution in [0.2, 0.25) is 0 Å². The van der Waals surface area contributed by atoms with E-state index < -0.39 is 0 Å². The van der Waals surface area contributed by atoms with Gasteiger partial charge in [-0.1, -0.05) is 11.8 Å². The number of carbonyl (C=O) groups excluding carboxylic acids is 1.